The van der Waals surface area contributed by atoms with Crippen molar-refractivity contribution in [3.63, 3.8) is 0 Å². The second kappa shape index (κ2) is 7.40. The molecule has 0 spiro atoms. The minimum atomic E-state index is -1.26. The van der Waals surface area contributed by atoms with Crippen LogP contribution in [0.15, 0.2) is 0 Å². The van der Waals surface area contributed by atoms with Crippen molar-refractivity contribution in [2.24, 2.45) is 5.92 Å². The van der Waals surface area contributed by atoms with E-state index in [-0.39, 0.29) is 35.5 Å². The molecule has 1 rings (SSSR count). The first-order valence-corrected chi connectivity index (χ1v) is 3.70. The summed E-state index contributed by atoms with van der Waals surface area (Å²) in [5, 5.41) is 12.9. The van der Waals surface area contributed by atoms with Crippen molar-refractivity contribution in [2.75, 3.05) is 6.54 Å². The normalized spacial score (nSPS) is 21.5. The predicted octanol–water partition coefficient (Wildman–Crippen LogP) is -4.72. The van der Waals surface area contributed by atoms with Crippen molar-refractivity contribution in [3.05, 3.63) is 0 Å². The van der Waals surface area contributed by atoms with Crippen molar-refractivity contribution < 1.29 is 27.1 Å². The first kappa shape index (κ1) is 15.5. The van der Waals surface area contributed by atoms with Gasteiger partial charge >= 0.3 is 23.1 Å². The summed E-state index contributed by atoms with van der Waals surface area (Å²) >= 11 is 0. The maximum atomic E-state index is 10.9. The molecule has 0 aliphatic carbocycles. The van der Waals surface area contributed by atoms with E-state index in [1.165, 1.54) is 0 Å². The average molecular weight is 216 g/mol. The smallest absolute Gasteiger partial charge is 1.00 e. The molecule has 0 aromatic carbocycles. The van der Waals surface area contributed by atoms with Crippen LogP contribution < -0.4 is 22.8 Å². The molecule has 1 fully saturated rings. The van der Waals surface area contributed by atoms with Crippen molar-refractivity contribution in [1.82, 2.24) is 5.32 Å². The number of carbonyl (C=O) groups excluding carboxylic acids is 2. The Morgan fingerprint density at radius 2 is 2.08 bits per heavy atom. The number of carboxylic acids is 1. The van der Waals surface area contributed by atoms with Crippen LogP contribution in [0.25, 0.3) is 0 Å². The molecule has 0 aromatic rings. The van der Waals surface area contributed by atoms with Crippen LogP contribution in [-0.2, 0) is 9.59 Å². The van der Waals surface area contributed by atoms with Crippen LogP contribution in [0, 0.1) is 5.92 Å². The monoisotopic (exact) mass is 215 g/mol. The fourth-order valence-corrected chi connectivity index (χ4v) is 1.16. The number of nitrogens with one attached hydrogen (secondary N) is 1. The van der Waals surface area contributed by atoms with Gasteiger partial charge in [-0.15, -0.1) is 0 Å². The summed E-state index contributed by atoms with van der Waals surface area (Å²) in [4.78, 5) is 21.3. The van der Waals surface area contributed by atoms with Crippen molar-refractivity contribution in [3.8, 4) is 0 Å². The third-order valence-electron chi connectivity index (χ3n) is 1.82. The molecule has 6 heteroatoms. The molecule has 1 unspecified atom stereocenters. The Kier molecular flexibility index (Phi) is 8.81. The number of halogens is 1. The van der Waals surface area contributed by atoms with Crippen LogP contribution >= 0.6 is 0 Å². The third-order valence-corrected chi connectivity index (χ3v) is 1.82. The Labute approximate surface area is 99.0 Å². The van der Waals surface area contributed by atoms with Gasteiger partial charge < -0.3 is 27.6 Å². The minimum Gasteiger partial charge on any atom is -1.00 e. The summed E-state index contributed by atoms with van der Waals surface area (Å²) in [6, 6.07) is 0. The van der Waals surface area contributed by atoms with Crippen molar-refractivity contribution >= 4 is 34.9 Å². The van der Waals surface area contributed by atoms with Crippen molar-refractivity contribution in [1.29, 1.82) is 0 Å². The van der Waals surface area contributed by atoms with Crippen molar-refractivity contribution in [2.45, 2.75) is 19.3 Å². The van der Waals surface area contributed by atoms with Gasteiger partial charge in [-0.2, -0.15) is 0 Å². The number of hydrogen-bond acceptors (Lipinski definition) is 3. The molecule has 0 saturated carbocycles. The van der Waals surface area contributed by atoms with Gasteiger partial charge in [0, 0.05) is 6.54 Å². The van der Waals surface area contributed by atoms with Gasteiger partial charge in [-0.05, 0) is 12.8 Å². The van der Waals surface area contributed by atoms with E-state index in [9.17, 15) is 14.7 Å². The molecule has 1 heterocycles. The average Bonchev–Trinajstić information content (AvgIpc) is 2.13. The summed E-state index contributed by atoms with van der Waals surface area (Å²) in [6.45, 7) is 0.586. The van der Waals surface area contributed by atoms with Crippen LogP contribution in [0.4, 0.5) is 0 Å². The fraction of sp³-hybridized carbons (Fsp3) is 0.714. The molecule has 0 bridgehead atoms. The molecular weight excluding hydrogens is 206 g/mol. The number of carboxylic acid groups (broad SMARTS) is 1. The van der Waals surface area contributed by atoms with Crippen LogP contribution in [0.3, 0.4) is 0 Å². The van der Waals surface area contributed by atoms with Gasteiger partial charge in [-0.3, -0.25) is 4.79 Å². The number of amides is 1. The van der Waals surface area contributed by atoms with Crippen LogP contribution in [-0.4, -0.2) is 41.5 Å². The number of hydrogen-bond donors (Lipinski definition) is 1. The van der Waals surface area contributed by atoms with E-state index >= 15 is 0 Å². The zero-order valence-electron chi connectivity index (χ0n) is 7.22. The first-order chi connectivity index (χ1) is 5.22. The van der Waals surface area contributed by atoms with E-state index in [0.717, 1.165) is 12.8 Å². The van der Waals surface area contributed by atoms with Gasteiger partial charge in [0.2, 0.25) is 5.91 Å². The molecule has 4 nitrogen and oxygen atoms in total. The van der Waals surface area contributed by atoms with E-state index in [0.29, 0.717) is 13.0 Å². The third kappa shape index (κ3) is 4.68. The van der Waals surface area contributed by atoms with E-state index in [1.807, 2.05) is 0 Å². The van der Waals surface area contributed by atoms with Gasteiger partial charge in [0.1, 0.15) is 0 Å². The molecule has 13 heavy (non-hydrogen) atoms. The Bertz CT molecular complexity index is 189. The largest absolute Gasteiger partial charge is 2.00 e. The number of carbonyl (C=O) groups is 2. The minimum absolute atomic E-state index is 0. The van der Waals surface area contributed by atoms with E-state index in [1.54, 1.807) is 0 Å². The molecular formula is C7H10ClMgNO3. The van der Waals surface area contributed by atoms with Crippen LogP contribution in [0.1, 0.15) is 19.3 Å². The topological polar surface area (TPSA) is 69.2 Å². The summed E-state index contributed by atoms with van der Waals surface area (Å²) in [5.41, 5.74) is 0. The Morgan fingerprint density at radius 3 is 2.62 bits per heavy atom. The van der Waals surface area contributed by atoms with Crippen LogP contribution in [0.5, 0.6) is 0 Å². The van der Waals surface area contributed by atoms with E-state index < -0.39 is 17.8 Å². The number of aliphatic carboxylic acids is 1. The molecule has 0 aromatic heterocycles. The summed E-state index contributed by atoms with van der Waals surface area (Å²) in [7, 11) is 0. The molecule has 1 atom stereocenters. The van der Waals surface area contributed by atoms with Crippen LogP contribution in [0.2, 0.25) is 0 Å². The molecule has 70 valence electrons. The summed E-state index contributed by atoms with van der Waals surface area (Å²) in [6.07, 6.45) is 2.04. The first-order valence-electron chi connectivity index (χ1n) is 3.70. The molecule has 1 N–H and O–H groups in total. The molecule has 1 saturated heterocycles. The zero-order valence-corrected chi connectivity index (χ0v) is 9.39. The maximum Gasteiger partial charge on any atom is 2.00 e. The SMILES string of the molecule is O=C([O-])C1CCCCNC1=O.[Cl-].[Mg+2]. The molecule has 1 amide bonds. The maximum absolute atomic E-state index is 10.9. The zero-order chi connectivity index (χ0) is 8.27. The van der Waals surface area contributed by atoms with Gasteiger partial charge in [0.05, 0.1) is 11.9 Å². The van der Waals surface area contributed by atoms with E-state index in [4.69, 9.17) is 0 Å². The Hall–Kier alpha value is -0.00377. The standard InChI is InChI=1S/C7H11NO3.ClH.Mg/c9-6-5(7(10)11)3-1-2-4-8-6;;/h5H,1-4H2,(H,8,9)(H,10,11);1H;/q;;+2/p-2. The second-order valence-electron chi connectivity index (χ2n) is 2.66. The predicted molar refractivity (Wildman–Crippen MR) is 41.1 cm³/mol. The quantitative estimate of drug-likeness (QED) is 0.353. The Balaban J connectivity index is 0. The van der Waals surface area contributed by atoms with E-state index in [2.05, 4.69) is 5.32 Å². The summed E-state index contributed by atoms with van der Waals surface area (Å²) < 4.78 is 0. The summed E-state index contributed by atoms with van der Waals surface area (Å²) in [5.74, 6) is -2.59. The molecule has 1 aliphatic rings. The van der Waals surface area contributed by atoms with Gasteiger partial charge in [-0.1, -0.05) is 6.42 Å². The second-order valence-corrected chi connectivity index (χ2v) is 2.66. The number of rotatable bonds is 1. The van der Waals surface area contributed by atoms with Gasteiger partial charge in [-0.25, -0.2) is 0 Å². The fourth-order valence-electron chi connectivity index (χ4n) is 1.16. The van der Waals surface area contributed by atoms with Gasteiger partial charge in [0.25, 0.3) is 0 Å². The van der Waals surface area contributed by atoms with Gasteiger partial charge in [0.15, 0.2) is 0 Å². The Morgan fingerprint density at radius 1 is 1.46 bits per heavy atom. The molecule has 1 aliphatic heterocycles. The molecule has 0 radical (unpaired) electrons.